The Hall–Kier alpha value is -2.66. The van der Waals surface area contributed by atoms with Crippen LogP contribution in [0.1, 0.15) is 54.9 Å². The maximum Gasteiger partial charge on any atom is 0.118 e. The van der Waals surface area contributed by atoms with Crippen molar-refractivity contribution >= 4 is 0 Å². The predicted octanol–water partition coefficient (Wildman–Crippen LogP) is 5.55. The smallest absolute Gasteiger partial charge is 0.118 e. The normalized spacial score (nSPS) is 16.3. The SMILES string of the molecule is COc1ccc(C(O)CCCCN2CCC(C(O)(c3ccccc3)c3ccccc3)CC2)cc1. The lowest BCUT2D eigenvalue weighted by atomic mass is 9.72. The number of aliphatic hydroxyl groups excluding tert-OH is 1. The zero-order chi connectivity index (χ0) is 23.8. The van der Waals surface area contributed by atoms with Crippen molar-refractivity contribution in [2.75, 3.05) is 26.7 Å². The molecule has 4 rings (SSSR count). The fourth-order valence-electron chi connectivity index (χ4n) is 5.26. The Bertz CT molecular complexity index is 943. The molecule has 4 nitrogen and oxygen atoms in total. The number of piperidine rings is 1. The van der Waals surface area contributed by atoms with E-state index in [0.29, 0.717) is 0 Å². The molecule has 1 aliphatic heterocycles. The summed E-state index contributed by atoms with van der Waals surface area (Å²) >= 11 is 0. The Balaban J connectivity index is 1.28. The highest BCUT2D eigenvalue weighted by Gasteiger charge is 2.41. The lowest BCUT2D eigenvalue weighted by molar-refractivity contribution is -0.0144. The van der Waals surface area contributed by atoms with Gasteiger partial charge in [0.1, 0.15) is 11.4 Å². The number of methoxy groups -OCH3 is 1. The monoisotopic (exact) mass is 459 g/mol. The molecule has 0 amide bonds. The van der Waals surface area contributed by atoms with E-state index in [1.807, 2.05) is 84.9 Å². The van der Waals surface area contributed by atoms with Gasteiger partial charge in [-0.15, -0.1) is 0 Å². The zero-order valence-electron chi connectivity index (χ0n) is 20.1. The van der Waals surface area contributed by atoms with Gasteiger partial charge in [-0.2, -0.15) is 0 Å². The molecular weight excluding hydrogens is 422 g/mol. The Morgan fingerprint density at radius 2 is 1.41 bits per heavy atom. The van der Waals surface area contributed by atoms with Gasteiger partial charge in [-0.25, -0.2) is 0 Å². The van der Waals surface area contributed by atoms with E-state index in [-0.39, 0.29) is 5.92 Å². The van der Waals surface area contributed by atoms with E-state index in [9.17, 15) is 10.2 Å². The topological polar surface area (TPSA) is 52.9 Å². The third-order valence-corrected chi connectivity index (χ3v) is 7.31. The minimum atomic E-state index is -0.961. The number of hydrogen-bond acceptors (Lipinski definition) is 4. The zero-order valence-corrected chi connectivity index (χ0v) is 20.1. The largest absolute Gasteiger partial charge is 0.497 e. The maximum atomic E-state index is 12.0. The molecule has 3 aromatic carbocycles. The van der Waals surface area contributed by atoms with E-state index in [0.717, 1.165) is 74.2 Å². The van der Waals surface area contributed by atoms with Gasteiger partial charge in [0.05, 0.1) is 13.2 Å². The van der Waals surface area contributed by atoms with Gasteiger partial charge in [-0.05, 0) is 86.5 Å². The fourth-order valence-corrected chi connectivity index (χ4v) is 5.26. The van der Waals surface area contributed by atoms with Crippen molar-refractivity contribution in [1.29, 1.82) is 0 Å². The van der Waals surface area contributed by atoms with Crippen LogP contribution in [0.25, 0.3) is 0 Å². The van der Waals surface area contributed by atoms with Crippen LogP contribution in [0.5, 0.6) is 5.75 Å². The molecular formula is C30H37NO3. The minimum Gasteiger partial charge on any atom is -0.497 e. The van der Waals surface area contributed by atoms with Crippen LogP contribution in [0.15, 0.2) is 84.9 Å². The molecule has 34 heavy (non-hydrogen) atoms. The van der Waals surface area contributed by atoms with Crippen LogP contribution in [0.4, 0.5) is 0 Å². The number of likely N-dealkylation sites (tertiary alicyclic amines) is 1. The van der Waals surface area contributed by atoms with Crippen LogP contribution in [0, 0.1) is 5.92 Å². The Kier molecular flexibility index (Phi) is 8.39. The Morgan fingerprint density at radius 3 is 1.94 bits per heavy atom. The van der Waals surface area contributed by atoms with Crippen molar-refractivity contribution in [2.45, 2.75) is 43.8 Å². The van der Waals surface area contributed by atoms with Gasteiger partial charge in [-0.1, -0.05) is 72.8 Å². The number of nitrogens with zero attached hydrogens (tertiary/aromatic N) is 1. The third kappa shape index (κ3) is 5.69. The lowest BCUT2D eigenvalue weighted by Crippen LogP contribution is -2.44. The molecule has 1 atom stereocenters. The summed E-state index contributed by atoms with van der Waals surface area (Å²) in [4.78, 5) is 2.51. The molecule has 0 radical (unpaired) electrons. The van der Waals surface area contributed by atoms with Gasteiger partial charge in [0.2, 0.25) is 0 Å². The lowest BCUT2D eigenvalue weighted by Gasteiger charge is -2.42. The number of ether oxygens (including phenoxy) is 1. The summed E-state index contributed by atoms with van der Waals surface area (Å²) < 4.78 is 5.19. The highest BCUT2D eigenvalue weighted by molar-refractivity contribution is 5.37. The van der Waals surface area contributed by atoms with Crippen LogP contribution in [0.2, 0.25) is 0 Å². The number of unbranched alkanes of at least 4 members (excludes halogenated alkanes) is 1. The average molecular weight is 460 g/mol. The molecule has 2 N–H and O–H groups in total. The fraction of sp³-hybridized carbons (Fsp3) is 0.400. The number of aliphatic hydroxyl groups is 2. The summed E-state index contributed by atoms with van der Waals surface area (Å²) in [5.74, 6) is 0.997. The van der Waals surface area contributed by atoms with Gasteiger partial charge in [0.15, 0.2) is 0 Å². The van der Waals surface area contributed by atoms with Crippen LogP contribution in [-0.4, -0.2) is 41.9 Å². The second-order valence-corrected chi connectivity index (χ2v) is 9.40. The molecule has 1 saturated heterocycles. The highest BCUT2D eigenvalue weighted by Crippen LogP contribution is 2.41. The van der Waals surface area contributed by atoms with Gasteiger partial charge >= 0.3 is 0 Å². The van der Waals surface area contributed by atoms with Crippen LogP contribution in [0.3, 0.4) is 0 Å². The maximum absolute atomic E-state index is 12.0. The van der Waals surface area contributed by atoms with Crippen molar-refractivity contribution in [3.8, 4) is 5.75 Å². The second-order valence-electron chi connectivity index (χ2n) is 9.40. The quantitative estimate of drug-likeness (QED) is 0.391. The van der Waals surface area contributed by atoms with Gasteiger partial charge in [-0.3, -0.25) is 0 Å². The van der Waals surface area contributed by atoms with E-state index >= 15 is 0 Å². The molecule has 1 heterocycles. The van der Waals surface area contributed by atoms with Crippen LogP contribution in [-0.2, 0) is 5.60 Å². The van der Waals surface area contributed by atoms with Crippen LogP contribution < -0.4 is 4.74 Å². The Labute approximate surface area is 203 Å². The molecule has 0 saturated carbocycles. The summed E-state index contributed by atoms with van der Waals surface area (Å²) in [6, 6.07) is 27.9. The molecule has 4 heteroatoms. The first-order chi connectivity index (χ1) is 16.6. The summed E-state index contributed by atoms with van der Waals surface area (Å²) in [6.07, 6.45) is 4.34. The first-order valence-corrected chi connectivity index (χ1v) is 12.5. The molecule has 0 aromatic heterocycles. The molecule has 0 bridgehead atoms. The Morgan fingerprint density at radius 1 is 0.853 bits per heavy atom. The average Bonchev–Trinajstić information content (AvgIpc) is 2.92. The molecule has 1 aliphatic rings. The van der Waals surface area contributed by atoms with Crippen molar-refractivity contribution in [3.05, 3.63) is 102 Å². The first kappa shape index (κ1) is 24.5. The van der Waals surface area contributed by atoms with Gasteiger partial charge < -0.3 is 19.8 Å². The summed E-state index contributed by atoms with van der Waals surface area (Å²) in [5.41, 5.74) is 1.94. The van der Waals surface area contributed by atoms with E-state index < -0.39 is 11.7 Å². The van der Waals surface area contributed by atoms with E-state index in [1.54, 1.807) is 7.11 Å². The van der Waals surface area contributed by atoms with Crippen LogP contribution >= 0.6 is 0 Å². The standard InChI is InChI=1S/C30H37NO3/c1-34-28-17-15-24(16-18-28)29(32)14-8-9-21-31-22-19-27(20-23-31)30(33,25-10-4-2-5-11-25)26-12-6-3-7-13-26/h2-7,10-13,15-18,27,29,32-33H,8-9,14,19-23H2,1H3. The van der Waals surface area contributed by atoms with Gasteiger partial charge in [0, 0.05) is 0 Å². The first-order valence-electron chi connectivity index (χ1n) is 12.5. The van der Waals surface area contributed by atoms with Crippen molar-refractivity contribution < 1.29 is 14.9 Å². The number of benzene rings is 3. The van der Waals surface area contributed by atoms with Crippen molar-refractivity contribution in [2.24, 2.45) is 5.92 Å². The molecule has 0 aliphatic carbocycles. The van der Waals surface area contributed by atoms with Crippen molar-refractivity contribution in [3.63, 3.8) is 0 Å². The van der Waals surface area contributed by atoms with Crippen molar-refractivity contribution in [1.82, 2.24) is 4.90 Å². The molecule has 1 fully saturated rings. The summed E-state index contributed by atoms with van der Waals surface area (Å²) in [7, 11) is 1.65. The summed E-state index contributed by atoms with van der Waals surface area (Å²) in [5, 5.41) is 22.5. The van der Waals surface area contributed by atoms with Gasteiger partial charge in [0.25, 0.3) is 0 Å². The molecule has 1 unspecified atom stereocenters. The molecule has 3 aromatic rings. The van der Waals surface area contributed by atoms with E-state index in [4.69, 9.17) is 4.74 Å². The minimum absolute atomic E-state index is 0.186. The van der Waals surface area contributed by atoms with E-state index in [2.05, 4.69) is 4.90 Å². The van der Waals surface area contributed by atoms with E-state index in [1.165, 1.54) is 0 Å². The molecule has 180 valence electrons. The molecule has 0 spiro atoms. The predicted molar refractivity (Wildman–Crippen MR) is 137 cm³/mol. The summed E-state index contributed by atoms with van der Waals surface area (Å²) in [6.45, 7) is 3.03. The number of rotatable bonds is 10. The third-order valence-electron chi connectivity index (χ3n) is 7.31. The second kappa shape index (κ2) is 11.7. The number of hydrogen-bond donors (Lipinski definition) is 2. The highest BCUT2D eigenvalue weighted by atomic mass is 16.5.